The highest BCUT2D eigenvalue weighted by molar-refractivity contribution is 5.95. The van der Waals surface area contributed by atoms with Gasteiger partial charge in [-0.3, -0.25) is 4.79 Å². The van der Waals surface area contributed by atoms with Crippen LogP contribution in [0.2, 0.25) is 0 Å². The van der Waals surface area contributed by atoms with Gasteiger partial charge < -0.3 is 29.7 Å². The molecule has 2 bridgehead atoms. The molecule has 4 aromatic rings. The number of nitrogens with zero attached hydrogens (tertiary/aromatic N) is 3. The van der Waals surface area contributed by atoms with E-state index in [0.717, 1.165) is 48.2 Å². The minimum atomic E-state index is -0.297. The number of methoxy groups -OCH3 is 1. The Hall–Kier alpha value is -4.20. The number of phenolic OH excluding ortho intramolecular Hbond substituents is 2. The van der Waals surface area contributed by atoms with Crippen molar-refractivity contribution < 1.29 is 19.7 Å². The molecule has 1 amide bonds. The van der Waals surface area contributed by atoms with E-state index in [1.54, 1.807) is 6.07 Å². The quantitative estimate of drug-likeness (QED) is 0.388. The van der Waals surface area contributed by atoms with Gasteiger partial charge in [-0.15, -0.1) is 0 Å². The summed E-state index contributed by atoms with van der Waals surface area (Å²) in [4.78, 5) is 25.6. The number of benzene rings is 3. The highest BCUT2D eigenvalue weighted by Crippen LogP contribution is 2.40. The highest BCUT2D eigenvalue weighted by atomic mass is 16.5. The Labute approximate surface area is 202 Å². The van der Waals surface area contributed by atoms with Crippen LogP contribution in [0.25, 0.3) is 22.4 Å². The van der Waals surface area contributed by atoms with Crippen LogP contribution in [0.4, 0.5) is 5.69 Å². The molecule has 2 fully saturated rings. The van der Waals surface area contributed by atoms with E-state index < -0.39 is 0 Å². The summed E-state index contributed by atoms with van der Waals surface area (Å²) in [6, 6.07) is 19.1. The Bertz CT molecular complexity index is 1400. The van der Waals surface area contributed by atoms with E-state index in [-0.39, 0.29) is 35.2 Å². The number of rotatable bonds is 4. The monoisotopic (exact) mass is 470 g/mol. The summed E-state index contributed by atoms with van der Waals surface area (Å²) in [6.45, 7) is 1.59. The van der Waals surface area contributed by atoms with Gasteiger partial charge in [0.2, 0.25) is 5.75 Å². The van der Waals surface area contributed by atoms with Crippen LogP contribution in [-0.2, 0) is 0 Å². The number of aromatic nitrogens is 2. The SMILES string of the molecule is COc1cc(-c2nc3cc(N4C[C@H]5CC[C@@H](C4)N5C(=O)c4ccccc4)ccc3[nH]2)cc(O)c1O. The lowest BCUT2D eigenvalue weighted by Crippen LogP contribution is -2.56. The molecule has 2 saturated heterocycles. The molecule has 178 valence electrons. The third-order valence-electron chi connectivity index (χ3n) is 7.12. The minimum Gasteiger partial charge on any atom is -0.504 e. The Morgan fingerprint density at radius 1 is 1.03 bits per heavy atom. The number of phenols is 2. The van der Waals surface area contributed by atoms with Crippen LogP contribution in [-0.4, -0.2) is 63.3 Å². The van der Waals surface area contributed by atoms with Crippen LogP contribution in [0.15, 0.2) is 60.7 Å². The molecule has 1 aromatic heterocycles. The fourth-order valence-electron chi connectivity index (χ4n) is 5.39. The summed E-state index contributed by atoms with van der Waals surface area (Å²) in [7, 11) is 1.43. The van der Waals surface area contributed by atoms with Gasteiger partial charge in [0.25, 0.3) is 5.91 Å². The molecule has 3 N–H and O–H groups in total. The van der Waals surface area contributed by atoms with E-state index in [2.05, 4.69) is 26.9 Å². The van der Waals surface area contributed by atoms with Gasteiger partial charge in [-0.2, -0.15) is 0 Å². The van der Waals surface area contributed by atoms with Crippen LogP contribution >= 0.6 is 0 Å². The summed E-state index contributed by atoms with van der Waals surface area (Å²) in [6.07, 6.45) is 2.03. The van der Waals surface area contributed by atoms with Crippen molar-refractivity contribution in [1.29, 1.82) is 0 Å². The van der Waals surface area contributed by atoms with Gasteiger partial charge in [0.05, 0.1) is 18.1 Å². The standard InChI is InChI=1S/C27H26N4O4/c1-35-24-12-17(11-23(32)25(24)33)26-28-21-10-9-18(13-22(21)29-26)30-14-19-7-8-20(15-30)31(19)27(34)16-5-3-2-4-6-16/h2-6,9-13,19-20,32-33H,7-8,14-15H2,1H3,(H,28,29)/t19-,20+. The lowest BCUT2D eigenvalue weighted by atomic mass is 10.1. The molecule has 6 rings (SSSR count). The number of fused-ring (bicyclic) bond motifs is 3. The maximum atomic E-state index is 13.2. The molecule has 8 nitrogen and oxygen atoms in total. The van der Waals surface area contributed by atoms with Crippen LogP contribution in [0.5, 0.6) is 17.2 Å². The van der Waals surface area contributed by atoms with Gasteiger partial charge >= 0.3 is 0 Å². The number of hydrogen-bond donors (Lipinski definition) is 3. The van der Waals surface area contributed by atoms with E-state index in [9.17, 15) is 15.0 Å². The van der Waals surface area contributed by atoms with Crippen molar-refractivity contribution in [3.8, 4) is 28.6 Å². The van der Waals surface area contributed by atoms with E-state index in [1.807, 2.05) is 36.4 Å². The first-order valence-corrected chi connectivity index (χ1v) is 11.7. The van der Waals surface area contributed by atoms with Crippen molar-refractivity contribution in [1.82, 2.24) is 14.9 Å². The molecule has 2 atom stereocenters. The van der Waals surface area contributed by atoms with Crippen molar-refractivity contribution in [2.24, 2.45) is 0 Å². The number of piperazine rings is 1. The maximum Gasteiger partial charge on any atom is 0.254 e. The predicted octanol–water partition coefficient (Wildman–Crippen LogP) is 4.14. The number of anilines is 1. The molecule has 2 aliphatic rings. The maximum absolute atomic E-state index is 13.2. The number of carbonyl (C=O) groups is 1. The summed E-state index contributed by atoms with van der Waals surface area (Å²) in [5.74, 6) is 0.314. The highest BCUT2D eigenvalue weighted by Gasteiger charge is 2.42. The molecular weight excluding hydrogens is 444 g/mol. The smallest absolute Gasteiger partial charge is 0.254 e. The van der Waals surface area contributed by atoms with E-state index in [0.29, 0.717) is 11.4 Å². The summed E-state index contributed by atoms with van der Waals surface area (Å²) < 4.78 is 5.15. The number of nitrogens with one attached hydrogen (secondary N) is 1. The summed E-state index contributed by atoms with van der Waals surface area (Å²) in [5.41, 5.74) is 4.11. The molecule has 8 heteroatoms. The first kappa shape index (κ1) is 21.3. The van der Waals surface area contributed by atoms with Crippen molar-refractivity contribution in [2.75, 3.05) is 25.1 Å². The molecule has 0 unspecified atom stereocenters. The Morgan fingerprint density at radius 3 is 2.49 bits per heavy atom. The molecule has 0 radical (unpaired) electrons. The minimum absolute atomic E-state index is 0.123. The second kappa shape index (κ2) is 8.23. The van der Waals surface area contributed by atoms with Crippen LogP contribution in [0.3, 0.4) is 0 Å². The number of ether oxygens (including phenoxy) is 1. The number of imidazole rings is 1. The number of amides is 1. The molecule has 0 saturated carbocycles. The van der Waals surface area contributed by atoms with Crippen molar-refractivity contribution in [3.63, 3.8) is 0 Å². The molecule has 0 aliphatic carbocycles. The molecule has 2 aliphatic heterocycles. The average molecular weight is 471 g/mol. The molecule has 0 spiro atoms. The van der Waals surface area contributed by atoms with Gasteiger partial charge in [-0.1, -0.05) is 18.2 Å². The largest absolute Gasteiger partial charge is 0.504 e. The van der Waals surface area contributed by atoms with Gasteiger partial charge in [0.15, 0.2) is 11.5 Å². The van der Waals surface area contributed by atoms with E-state index >= 15 is 0 Å². The fourth-order valence-corrected chi connectivity index (χ4v) is 5.39. The van der Waals surface area contributed by atoms with Crippen LogP contribution in [0.1, 0.15) is 23.2 Å². The second-order valence-corrected chi connectivity index (χ2v) is 9.20. The number of aromatic hydroxyl groups is 2. The number of carbonyl (C=O) groups excluding carboxylic acids is 1. The van der Waals surface area contributed by atoms with Gasteiger partial charge in [-0.25, -0.2) is 4.98 Å². The normalized spacial score (nSPS) is 19.3. The third-order valence-corrected chi connectivity index (χ3v) is 7.12. The molecule has 3 heterocycles. The number of hydrogen-bond acceptors (Lipinski definition) is 6. The van der Waals surface area contributed by atoms with Crippen LogP contribution < -0.4 is 9.64 Å². The average Bonchev–Trinajstić information content (AvgIpc) is 3.43. The van der Waals surface area contributed by atoms with Gasteiger partial charge in [-0.05, 0) is 55.3 Å². The first-order chi connectivity index (χ1) is 17.0. The molecular formula is C27H26N4O4. The van der Waals surface area contributed by atoms with Crippen molar-refractivity contribution >= 4 is 22.6 Å². The number of H-pyrrole nitrogens is 1. The third kappa shape index (κ3) is 3.62. The Kier molecular flexibility index (Phi) is 5.02. The van der Waals surface area contributed by atoms with Gasteiger partial charge in [0.1, 0.15) is 5.82 Å². The zero-order chi connectivity index (χ0) is 24.1. The first-order valence-electron chi connectivity index (χ1n) is 11.7. The second-order valence-electron chi connectivity index (χ2n) is 9.20. The lowest BCUT2D eigenvalue weighted by Gasteiger charge is -2.42. The summed E-state index contributed by atoms with van der Waals surface area (Å²) in [5, 5.41) is 20.0. The fraction of sp³-hybridized carbons (Fsp3) is 0.259. The van der Waals surface area contributed by atoms with E-state index in [4.69, 9.17) is 9.72 Å². The molecule has 35 heavy (non-hydrogen) atoms. The Morgan fingerprint density at radius 2 is 1.77 bits per heavy atom. The lowest BCUT2D eigenvalue weighted by molar-refractivity contribution is 0.0641. The zero-order valence-electron chi connectivity index (χ0n) is 19.3. The Balaban J connectivity index is 1.26. The van der Waals surface area contributed by atoms with E-state index in [1.165, 1.54) is 13.2 Å². The van der Waals surface area contributed by atoms with Crippen molar-refractivity contribution in [2.45, 2.75) is 24.9 Å². The van der Waals surface area contributed by atoms with Crippen molar-refractivity contribution in [3.05, 3.63) is 66.2 Å². The molecule has 3 aromatic carbocycles. The predicted molar refractivity (Wildman–Crippen MR) is 133 cm³/mol. The van der Waals surface area contributed by atoms with Gasteiger partial charge in [0, 0.05) is 42.0 Å². The summed E-state index contributed by atoms with van der Waals surface area (Å²) >= 11 is 0. The zero-order valence-corrected chi connectivity index (χ0v) is 19.3. The topological polar surface area (TPSA) is 102 Å². The van der Waals surface area contributed by atoms with Crippen LogP contribution in [0, 0.1) is 0 Å². The number of aromatic amines is 1.